The summed E-state index contributed by atoms with van der Waals surface area (Å²) in [6, 6.07) is 3.52. The van der Waals surface area contributed by atoms with Crippen LogP contribution in [0.5, 0.6) is 0 Å². The third-order valence-electron chi connectivity index (χ3n) is 2.77. The van der Waals surface area contributed by atoms with Crippen LogP contribution in [0, 0.1) is 12.3 Å². The minimum absolute atomic E-state index is 0.0172. The summed E-state index contributed by atoms with van der Waals surface area (Å²) < 4.78 is 5.29. The van der Waals surface area contributed by atoms with Crippen LogP contribution >= 0.6 is 0 Å². The molecule has 4 nitrogen and oxygen atoms in total. The van der Waals surface area contributed by atoms with Crippen LogP contribution in [0.1, 0.15) is 43.5 Å². The van der Waals surface area contributed by atoms with Crippen molar-refractivity contribution in [1.82, 2.24) is 5.32 Å². The Balaban J connectivity index is 2.71. The molecule has 0 aliphatic heterocycles. The Morgan fingerprint density at radius 3 is 2.53 bits per heavy atom. The summed E-state index contributed by atoms with van der Waals surface area (Å²) in [6.07, 6.45) is 0.759. The van der Waals surface area contributed by atoms with Gasteiger partial charge in [-0.25, -0.2) is 0 Å². The van der Waals surface area contributed by atoms with Crippen molar-refractivity contribution in [1.29, 1.82) is 0 Å². The van der Waals surface area contributed by atoms with Crippen molar-refractivity contribution in [3.63, 3.8) is 0 Å². The molecule has 3 N–H and O–H groups in total. The topological polar surface area (TPSA) is 68.3 Å². The molecule has 0 radical (unpaired) electrons. The van der Waals surface area contributed by atoms with Gasteiger partial charge in [0.25, 0.3) is 5.91 Å². The van der Waals surface area contributed by atoms with E-state index in [1.54, 1.807) is 12.1 Å². The Morgan fingerprint density at radius 1 is 1.47 bits per heavy atom. The highest BCUT2D eigenvalue weighted by Crippen LogP contribution is 2.22. The van der Waals surface area contributed by atoms with Crippen LogP contribution in [0.25, 0.3) is 0 Å². The Kier molecular flexibility index (Phi) is 4.34. The molecule has 1 aromatic heterocycles. The number of rotatable bonds is 4. The number of amides is 1. The van der Waals surface area contributed by atoms with Gasteiger partial charge in [0.1, 0.15) is 5.76 Å². The quantitative estimate of drug-likeness (QED) is 0.843. The van der Waals surface area contributed by atoms with Crippen molar-refractivity contribution < 1.29 is 9.21 Å². The van der Waals surface area contributed by atoms with Crippen molar-refractivity contribution in [2.45, 2.75) is 40.2 Å². The minimum Gasteiger partial charge on any atom is -0.456 e. The Bertz CT molecular complexity index is 377. The van der Waals surface area contributed by atoms with E-state index in [0.717, 1.165) is 12.2 Å². The number of nitrogens with two attached hydrogens (primary N) is 1. The van der Waals surface area contributed by atoms with Crippen molar-refractivity contribution in [2.75, 3.05) is 6.54 Å². The third-order valence-corrected chi connectivity index (χ3v) is 2.77. The Hall–Kier alpha value is -1.29. The van der Waals surface area contributed by atoms with Gasteiger partial charge in [0.2, 0.25) is 0 Å². The molecule has 1 aromatic rings. The molecule has 1 heterocycles. The fourth-order valence-electron chi connectivity index (χ4n) is 1.67. The maximum absolute atomic E-state index is 11.9. The smallest absolute Gasteiger partial charge is 0.287 e. The van der Waals surface area contributed by atoms with Crippen LogP contribution in [0.4, 0.5) is 0 Å². The second-order valence-electron chi connectivity index (χ2n) is 5.38. The summed E-state index contributed by atoms with van der Waals surface area (Å²) in [5.74, 6) is 0.918. The van der Waals surface area contributed by atoms with E-state index >= 15 is 0 Å². The van der Waals surface area contributed by atoms with Gasteiger partial charge < -0.3 is 15.5 Å². The molecule has 0 fully saturated rings. The first-order valence-electron chi connectivity index (χ1n) is 5.92. The Morgan fingerprint density at radius 2 is 2.12 bits per heavy atom. The van der Waals surface area contributed by atoms with Gasteiger partial charge in [-0.05, 0) is 37.4 Å². The van der Waals surface area contributed by atoms with Gasteiger partial charge in [-0.3, -0.25) is 4.79 Å². The Labute approximate surface area is 103 Å². The molecule has 17 heavy (non-hydrogen) atoms. The normalized spacial score (nSPS) is 13.5. The van der Waals surface area contributed by atoms with E-state index in [1.165, 1.54) is 0 Å². The molecule has 4 heteroatoms. The number of hydrogen-bond donors (Lipinski definition) is 2. The predicted molar refractivity (Wildman–Crippen MR) is 67.8 cm³/mol. The van der Waals surface area contributed by atoms with Crippen molar-refractivity contribution in [3.05, 3.63) is 23.7 Å². The van der Waals surface area contributed by atoms with Gasteiger partial charge in [0.15, 0.2) is 5.76 Å². The highest BCUT2D eigenvalue weighted by Gasteiger charge is 2.26. The van der Waals surface area contributed by atoms with E-state index in [9.17, 15) is 4.79 Å². The zero-order valence-corrected chi connectivity index (χ0v) is 11.0. The van der Waals surface area contributed by atoms with Crippen LogP contribution in [0.15, 0.2) is 16.5 Å². The van der Waals surface area contributed by atoms with Gasteiger partial charge in [-0.1, -0.05) is 20.8 Å². The molecule has 0 bridgehead atoms. The number of furan rings is 1. The van der Waals surface area contributed by atoms with Crippen LogP contribution < -0.4 is 11.1 Å². The molecule has 1 amide bonds. The van der Waals surface area contributed by atoms with E-state index in [2.05, 4.69) is 26.1 Å². The summed E-state index contributed by atoms with van der Waals surface area (Å²) in [5.41, 5.74) is 5.55. The van der Waals surface area contributed by atoms with Gasteiger partial charge in [0.05, 0.1) is 0 Å². The molecule has 0 saturated carbocycles. The lowest BCUT2D eigenvalue weighted by molar-refractivity contribution is 0.0869. The van der Waals surface area contributed by atoms with Crippen LogP contribution in [-0.2, 0) is 0 Å². The molecule has 0 aliphatic rings. The fourth-order valence-corrected chi connectivity index (χ4v) is 1.67. The van der Waals surface area contributed by atoms with E-state index in [1.807, 2.05) is 6.92 Å². The second kappa shape index (κ2) is 5.36. The highest BCUT2D eigenvalue weighted by atomic mass is 16.3. The van der Waals surface area contributed by atoms with Crippen LogP contribution in [0.2, 0.25) is 0 Å². The maximum Gasteiger partial charge on any atom is 0.287 e. The number of carbonyl (C=O) groups is 1. The number of carbonyl (C=O) groups excluding carboxylic acids is 1. The van der Waals surface area contributed by atoms with E-state index in [4.69, 9.17) is 10.2 Å². The highest BCUT2D eigenvalue weighted by molar-refractivity contribution is 5.91. The first kappa shape index (κ1) is 13.8. The average molecular weight is 238 g/mol. The standard InChI is InChI=1S/C13H22N2O2/c1-9-5-6-10(17-9)12(16)15-11(7-8-14)13(2,3)4/h5-6,11H,7-8,14H2,1-4H3,(H,15,16). The van der Waals surface area contributed by atoms with Crippen LogP contribution in [-0.4, -0.2) is 18.5 Å². The number of nitrogens with one attached hydrogen (secondary N) is 1. The third kappa shape index (κ3) is 3.89. The predicted octanol–water partition coefficient (Wildman–Crippen LogP) is 2.08. The SMILES string of the molecule is Cc1ccc(C(=O)NC(CCN)C(C)(C)C)o1. The van der Waals surface area contributed by atoms with Crippen molar-refractivity contribution in [2.24, 2.45) is 11.1 Å². The summed E-state index contributed by atoms with van der Waals surface area (Å²) in [7, 11) is 0. The zero-order chi connectivity index (χ0) is 13.1. The molecule has 1 unspecified atom stereocenters. The molecule has 1 atom stereocenters. The summed E-state index contributed by atoms with van der Waals surface area (Å²) >= 11 is 0. The molecule has 0 aliphatic carbocycles. The van der Waals surface area contributed by atoms with Crippen molar-refractivity contribution >= 4 is 5.91 Å². The minimum atomic E-state index is -0.175. The first-order valence-corrected chi connectivity index (χ1v) is 5.92. The van der Waals surface area contributed by atoms with Gasteiger partial charge >= 0.3 is 0 Å². The summed E-state index contributed by atoms with van der Waals surface area (Å²) in [5, 5.41) is 2.97. The zero-order valence-electron chi connectivity index (χ0n) is 11.0. The lowest BCUT2D eigenvalue weighted by Gasteiger charge is -2.31. The van der Waals surface area contributed by atoms with Crippen molar-refractivity contribution in [3.8, 4) is 0 Å². The summed E-state index contributed by atoms with van der Waals surface area (Å²) in [6.45, 7) is 8.63. The molecule has 0 spiro atoms. The fraction of sp³-hybridized carbons (Fsp3) is 0.615. The first-order chi connectivity index (χ1) is 7.84. The van der Waals surface area contributed by atoms with Gasteiger partial charge in [-0.2, -0.15) is 0 Å². The molecular formula is C13H22N2O2. The second-order valence-corrected chi connectivity index (χ2v) is 5.38. The molecule has 0 aromatic carbocycles. The van der Waals surface area contributed by atoms with Crippen LogP contribution in [0.3, 0.4) is 0 Å². The largest absolute Gasteiger partial charge is 0.456 e. The molecule has 1 rings (SSSR count). The van der Waals surface area contributed by atoms with E-state index in [-0.39, 0.29) is 17.4 Å². The lowest BCUT2D eigenvalue weighted by Crippen LogP contribution is -2.44. The van der Waals surface area contributed by atoms with Gasteiger partial charge in [0, 0.05) is 6.04 Å². The monoisotopic (exact) mass is 238 g/mol. The molecule has 96 valence electrons. The maximum atomic E-state index is 11.9. The average Bonchev–Trinajstić information content (AvgIpc) is 2.62. The molecular weight excluding hydrogens is 216 g/mol. The van der Waals surface area contributed by atoms with E-state index < -0.39 is 0 Å². The van der Waals surface area contributed by atoms with Gasteiger partial charge in [-0.15, -0.1) is 0 Å². The number of aryl methyl sites for hydroxylation is 1. The lowest BCUT2D eigenvalue weighted by atomic mass is 9.84. The summed E-state index contributed by atoms with van der Waals surface area (Å²) in [4.78, 5) is 11.9. The molecule has 0 saturated heterocycles. The number of hydrogen-bond acceptors (Lipinski definition) is 3. The van der Waals surface area contributed by atoms with E-state index in [0.29, 0.717) is 12.3 Å².